The van der Waals surface area contributed by atoms with E-state index in [0.717, 1.165) is 11.8 Å². The number of hydrogen-bond acceptors (Lipinski definition) is 7. The van der Waals surface area contributed by atoms with Crippen LogP contribution in [0.3, 0.4) is 0 Å². The van der Waals surface area contributed by atoms with Gasteiger partial charge in [0, 0.05) is 11.3 Å². The molecule has 0 unspecified atom stereocenters. The van der Waals surface area contributed by atoms with Gasteiger partial charge >= 0.3 is 0 Å². The van der Waals surface area contributed by atoms with E-state index in [1.165, 1.54) is 42.1 Å². The number of nitrogens with two attached hydrogens (primary N) is 1. The highest BCUT2D eigenvalue weighted by Gasteiger charge is 2.17. The Morgan fingerprint density at radius 2 is 1.90 bits per heavy atom. The van der Waals surface area contributed by atoms with Gasteiger partial charge in [0.05, 0.1) is 10.6 Å². The van der Waals surface area contributed by atoms with Gasteiger partial charge in [-0.1, -0.05) is 17.8 Å². The lowest BCUT2D eigenvalue weighted by molar-refractivity contribution is -0.113. The van der Waals surface area contributed by atoms with Gasteiger partial charge in [-0.05, 0) is 55.9 Å². The maximum Gasteiger partial charge on any atom is 0.240 e. The van der Waals surface area contributed by atoms with E-state index in [2.05, 4.69) is 20.2 Å². The molecule has 1 amide bonds. The molecule has 30 heavy (non-hydrogen) atoms. The summed E-state index contributed by atoms with van der Waals surface area (Å²) in [4.78, 5) is 12.4. The van der Waals surface area contributed by atoms with Crippen molar-refractivity contribution in [1.29, 1.82) is 0 Å². The second-order valence-corrected chi connectivity index (χ2v) is 9.01. The summed E-state index contributed by atoms with van der Waals surface area (Å²) in [5, 5.41) is 10.9. The lowest BCUT2D eigenvalue weighted by Gasteiger charge is -2.10. The fourth-order valence-electron chi connectivity index (χ4n) is 2.58. The first-order valence-corrected chi connectivity index (χ1v) is 11.1. The molecule has 2 aromatic carbocycles. The number of nitrogens with zero attached hydrogens (tertiary/aromatic N) is 3. The van der Waals surface area contributed by atoms with E-state index in [-0.39, 0.29) is 22.4 Å². The van der Waals surface area contributed by atoms with Crippen LogP contribution in [0.2, 0.25) is 0 Å². The molecule has 0 aliphatic rings. The number of aryl methyl sites for hydroxylation is 1. The smallest absolute Gasteiger partial charge is 0.240 e. The molecule has 3 aromatic rings. The van der Waals surface area contributed by atoms with E-state index in [4.69, 9.17) is 5.84 Å². The Labute approximate surface area is 176 Å². The molecule has 12 heteroatoms. The number of nitrogens with one attached hydrogen (secondary N) is 2. The molecule has 0 bridgehead atoms. The fourth-order valence-corrected chi connectivity index (χ4v) is 4.23. The molecule has 4 N–H and O–H groups in total. The van der Waals surface area contributed by atoms with E-state index in [9.17, 15) is 17.6 Å². The van der Waals surface area contributed by atoms with Crippen molar-refractivity contribution in [2.45, 2.75) is 17.0 Å². The van der Waals surface area contributed by atoms with Crippen LogP contribution in [0.25, 0.3) is 11.4 Å². The third-order valence-corrected chi connectivity index (χ3v) is 6.63. The molecular formula is C18H19FN6O3S2. The molecule has 0 fully saturated rings. The number of carbonyl (C=O) groups is 1. The molecule has 0 spiro atoms. The third-order valence-electron chi connectivity index (χ3n) is 4.13. The number of halogens is 1. The maximum atomic E-state index is 13.1. The number of carbonyl (C=O) groups excluding carboxylic acids is 1. The highest BCUT2D eigenvalue weighted by molar-refractivity contribution is 7.99. The van der Waals surface area contributed by atoms with Crippen LogP contribution in [0.15, 0.2) is 52.5 Å². The first-order valence-electron chi connectivity index (χ1n) is 8.64. The van der Waals surface area contributed by atoms with E-state index in [1.54, 1.807) is 19.1 Å². The second kappa shape index (κ2) is 8.81. The SMILES string of the molecule is CNS(=O)(=O)c1cc(NC(=O)CSc2nnc(-c3ccc(F)cc3)n2N)ccc1C. The van der Waals surface area contributed by atoms with Gasteiger partial charge < -0.3 is 11.2 Å². The van der Waals surface area contributed by atoms with Crippen LogP contribution in [0.5, 0.6) is 0 Å². The van der Waals surface area contributed by atoms with Crippen LogP contribution in [0.4, 0.5) is 10.1 Å². The van der Waals surface area contributed by atoms with Crippen LogP contribution in [0, 0.1) is 12.7 Å². The van der Waals surface area contributed by atoms with Gasteiger partial charge in [0.2, 0.25) is 21.1 Å². The first kappa shape index (κ1) is 21.7. The van der Waals surface area contributed by atoms with Crippen molar-refractivity contribution in [2.75, 3.05) is 24.0 Å². The summed E-state index contributed by atoms with van der Waals surface area (Å²) in [7, 11) is -2.32. The van der Waals surface area contributed by atoms with Crippen molar-refractivity contribution < 1.29 is 17.6 Å². The minimum absolute atomic E-state index is 0.0270. The molecule has 3 rings (SSSR count). The Balaban J connectivity index is 1.67. The lowest BCUT2D eigenvalue weighted by Crippen LogP contribution is -2.20. The number of aromatic nitrogens is 3. The molecule has 158 valence electrons. The monoisotopic (exact) mass is 450 g/mol. The van der Waals surface area contributed by atoms with E-state index in [0.29, 0.717) is 27.8 Å². The molecule has 0 saturated heterocycles. The van der Waals surface area contributed by atoms with Crippen molar-refractivity contribution >= 4 is 33.4 Å². The number of thioether (sulfide) groups is 1. The molecule has 0 aliphatic carbocycles. The molecule has 1 heterocycles. The summed E-state index contributed by atoms with van der Waals surface area (Å²) >= 11 is 1.06. The largest absolute Gasteiger partial charge is 0.335 e. The average Bonchev–Trinajstić information content (AvgIpc) is 3.09. The van der Waals surface area contributed by atoms with Gasteiger partial charge in [-0.15, -0.1) is 10.2 Å². The molecule has 0 saturated carbocycles. The zero-order chi connectivity index (χ0) is 21.9. The lowest BCUT2D eigenvalue weighted by atomic mass is 10.2. The van der Waals surface area contributed by atoms with E-state index in [1.807, 2.05) is 0 Å². The summed E-state index contributed by atoms with van der Waals surface area (Å²) in [6.07, 6.45) is 0. The summed E-state index contributed by atoms with van der Waals surface area (Å²) in [6.45, 7) is 1.67. The Morgan fingerprint density at radius 1 is 1.20 bits per heavy atom. The van der Waals surface area contributed by atoms with Crippen molar-refractivity contribution in [3.63, 3.8) is 0 Å². The normalized spacial score (nSPS) is 11.4. The van der Waals surface area contributed by atoms with Crippen molar-refractivity contribution in [3.05, 3.63) is 53.8 Å². The second-order valence-electron chi connectivity index (χ2n) is 6.21. The number of sulfonamides is 1. The number of hydrogen-bond donors (Lipinski definition) is 3. The van der Waals surface area contributed by atoms with Gasteiger partial charge in [-0.2, -0.15) is 0 Å². The first-order chi connectivity index (χ1) is 14.2. The van der Waals surface area contributed by atoms with E-state index >= 15 is 0 Å². The summed E-state index contributed by atoms with van der Waals surface area (Å²) in [5.41, 5.74) is 1.49. The standard InChI is InChI=1S/C18H19FN6O3S2/c1-11-3-8-14(9-15(11)30(27,28)21-2)22-16(26)10-29-18-24-23-17(25(18)20)12-4-6-13(19)7-5-12/h3-9,21H,10,20H2,1-2H3,(H,22,26). The van der Waals surface area contributed by atoms with Crippen LogP contribution in [-0.4, -0.2) is 42.0 Å². The Hall–Kier alpha value is -2.96. The average molecular weight is 451 g/mol. The highest BCUT2D eigenvalue weighted by Crippen LogP contribution is 2.23. The Bertz CT molecular complexity index is 1180. The number of amides is 1. The number of rotatable bonds is 7. The van der Waals surface area contributed by atoms with Gasteiger partial charge in [0.15, 0.2) is 5.82 Å². The quantitative estimate of drug-likeness (QED) is 0.369. The molecule has 1 aromatic heterocycles. The van der Waals surface area contributed by atoms with Gasteiger partial charge in [0.25, 0.3) is 0 Å². The van der Waals surface area contributed by atoms with Crippen LogP contribution >= 0.6 is 11.8 Å². The van der Waals surface area contributed by atoms with Crippen LogP contribution in [0.1, 0.15) is 5.56 Å². The molecule has 0 radical (unpaired) electrons. The third kappa shape index (κ3) is 4.78. The van der Waals surface area contributed by atoms with Crippen LogP contribution in [-0.2, 0) is 14.8 Å². The van der Waals surface area contributed by atoms with Crippen molar-refractivity contribution in [3.8, 4) is 11.4 Å². The van der Waals surface area contributed by atoms with Crippen LogP contribution < -0.4 is 15.9 Å². The minimum Gasteiger partial charge on any atom is -0.335 e. The van der Waals surface area contributed by atoms with Gasteiger partial charge in [0.1, 0.15) is 5.82 Å². The predicted octanol–water partition coefficient (Wildman–Crippen LogP) is 1.75. The Kier molecular flexibility index (Phi) is 6.39. The molecule has 0 aliphatic heterocycles. The minimum atomic E-state index is -3.64. The summed E-state index contributed by atoms with van der Waals surface area (Å²) in [5.74, 6) is 5.54. The number of nitrogen functional groups attached to an aromatic ring is 1. The summed E-state index contributed by atoms with van der Waals surface area (Å²) in [6, 6.07) is 10.2. The zero-order valence-electron chi connectivity index (χ0n) is 16.1. The maximum absolute atomic E-state index is 13.1. The highest BCUT2D eigenvalue weighted by atomic mass is 32.2. The molecule has 0 atom stereocenters. The van der Waals surface area contributed by atoms with Gasteiger partial charge in [-0.25, -0.2) is 22.2 Å². The summed E-state index contributed by atoms with van der Waals surface area (Å²) < 4.78 is 40.7. The Morgan fingerprint density at radius 3 is 2.57 bits per heavy atom. The number of benzene rings is 2. The fraction of sp³-hybridized carbons (Fsp3) is 0.167. The van der Waals surface area contributed by atoms with Crippen molar-refractivity contribution in [2.24, 2.45) is 0 Å². The topological polar surface area (TPSA) is 132 Å². The molecule has 9 nitrogen and oxygen atoms in total. The van der Waals surface area contributed by atoms with E-state index < -0.39 is 10.0 Å². The molecular weight excluding hydrogens is 431 g/mol. The zero-order valence-corrected chi connectivity index (χ0v) is 17.7. The predicted molar refractivity (Wildman–Crippen MR) is 112 cm³/mol. The van der Waals surface area contributed by atoms with Gasteiger partial charge in [-0.3, -0.25) is 4.79 Å². The van der Waals surface area contributed by atoms with Crippen molar-refractivity contribution in [1.82, 2.24) is 19.6 Å². The number of anilines is 1.